The quantitative estimate of drug-likeness (QED) is 0.919. The first-order chi connectivity index (χ1) is 8.20. The summed E-state index contributed by atoms with van der Waals surface area (Å²) in [6.45, 7) is 5.02. The molecule has 0 saturated carbocycles. The lowest BCUT2D eigenvalue weighted by atomic mass is 10.2. The Morgan fingerprint density at radius 1 is 1.53 bits per heavy atom. The Morgan fingerprint density at radius 2 is 2.35 bits per heavy atom. The highest BCUT2D eigenvalue weighted by atomic mass is 79.9. The van der Waals surface area contributed by atoms with Crippen LogP contribution in [0.3, 0.4) is 0 Å². The summed E-state index contributed by atoms with van der Waals surface area (Å²) in [5, 5.41) is 3.49. The van der Waals surface area contributed by atoms with E-state index in [-0.39, 0.29) is 5.82 Å². The molecule has 2 rings (SSSR count). The van der Waals surface area contributed by atoms with Crippen LogP contribution in [0.15, 0.2) is 22.7 Å². The van der Waals surface area contributed by atoms with Gasteiger partial charge in [0.25, 0.3) is 0 Å². The van der Waals surface area contributed by atoms with Crippen LogP contribution < -0.4 is 10.2 Å². The van der Waals surface area contributed by atoms with E-state index in [9.17, 15) is 4.39 Å². The van der Waals surface area contributed by atoms with Gasteiger partial charge in [-0.2, -0.15) is 0 Å². The topological polar surface area (TPSA) is 15.3 Å². The molecule has 1 aromatic carbocycles. The second-order valence-electron chi connectivity index (χ2n) is 4.48. The van der Waals surface area contributed by atoms with Crippen LogP contribution in [0.1, 0.15) is 19.8 Å². The molecule has 0 amide bonds. The van der Waals surface area contributed by atoms with E-state index in [1.165, 1.54) is 6.07 Å². The Morgan fingerprint density at radius 3 is 3.12 bits per heavy atom. The van der Waals surface area contributed by atoms with Crippen molar-refractivity contribution in [2.75, 3.05) is 24.5 Å². The van der Waals surface area contributed by atoms with Gasteiger partial charge in [-0.3, -0.25) is 0 Å². The van der Waals surface area contributed by atoms with Crippen molar-refractivity contribution in [3.05, 3.63) is 28.5 Å². The van der Waals surface area contributed by atoms with Crippen molar-refractivity contribution in [1.29, 1.82) is 0 Å². The normalized spacial score (nSPS) is 19.9. The lowest BCUT2D eigenvalue weighted by Crippen LogP contribution is -2.33. The second kappa shape index (κ2) is 5.83. The summed E-state index contributed by atoms with van der Waals surface area (Å²) in [7, 11) is 0. The molecule has 1 aromatic rings. The molecule has 0 radical (unpaired) electrons. The molecule has 1 fully saturated rings. The van der Waals surface area contributed by atoms with Crippen LogP contribution in [-0.2, 0) is 0 Å². The summed E-state index contributed by atoms with van der Waals surface area (Å²) in [5.74, 6) is -0.135. The third-order valence-electron chi connectivity index (χ3n) is 3.12. The fourth-order valence-electron chi connectivity index (χ4n) is 2.22. The monoisotopic (exact) mass is 300 g/mol. The molecule has 17 heavy (non-hydrogen) atoms. The van der Waals surface area contributed by atoms with Gasteiger partial charge in [0.1, 0.15) is 5.82 Å². The third kappa shape index (κ3) is 3.19. The van der Waals surface area contributed by atoms with Crippen molar-refractivity contribution in [2.24, 2.45) is 0 Å². The van der Waals surface area contributed by atoms with Crippen molar-refractivity contribution in [3.8, 4) is 0 Å². The van der Waals surface area contributed by atoms with Gasteiger partial charge in [-0.05, 0) is 37.6 Å². The molecule has 4 heteroatoms. The molecular formula is C13H18BrFN2. The highest BCUT2D eigenvalue weighted by Gasteiger charge is 2.23. The van der Waals surface area contributed by atoms with Gasteiger partial charge in [-0.1, -0.05) is 22.9 Å². The third-order valence-corrected chi connectivity index (χ3v) is 3.61. The fraction of sp³-hybridized carbons (Fsp3) is 0.538. The van der Waals surface area contributed by atoms with Crippen LogP contribution in [0.25, 0.3) is 0 Å². The minimum Gasteiger partial charge on any atom is -0.368 e. The van der Waals surface area contributed by atoms with Crippen molar-refractivity contribution < 1.29 is 4.39 Å². The van der Waals surface area contributed by atoms with E-state index >= 15 is 0 Å². The fourth-order valence-corrected chi connectivity index (χ4v) is 2.57. The number of hydrogen-bond acceptors (Lipinski definition) is 2. The van der Waals surface area contributed by atoms with Crippen LogP contribution in [-0.4, -0.2) is 25.7 Å². The number of hydrogen-bond donors (Lipinski definition) is 1. The minimum atomic E-state index is -0.135. The highest BCUT2D eigenvalue weighted by Crippen LogP contribution is 2.26. The second-order valence-corrected chi connectivity index (χ2v) is 5.40. The smallest absolute Gasteiger partial charge is 0.146 e. The van der Waals surface area contributed by atoms with Crippen LogP contribution in [0.2, 0.25) is 0 Å². The molecule has 94 valence electrons. The molecule has 1 saturated heterocycles. The van der Waals surface area contributed by atoms with Crippen molar-refractivity contribution in [2.45, 2.75) is 25.8 Å². The van der Waals surface area contributed by atoms with E-state index in [2.05, 4.69) is 33.1 Å². The Labute approximate surface area is 110 Å². The van der Waals surface area contributed by atoms with Crippen molar-refractivity contribution in [3.63, 3.8) is 0 Å². The van der Waals surface area contributed by atoms with E-state index in [0.29, 0.717) is 11.7 Å². The van der Waals surface area contributed by atoms with E-state index in [4.69, 9.17) is 0 Å². The molecule has 2 nitrogen and oxygen atoms in total. The largest absolute Gasteiger partial charge is 0.368 e. The first-order valence-electron chi connectivity index (χ1n) is 6.14. The van der Waals surface area contributed by atoms with E-state index in [0.717, 1.165) is 36.9 Å². The Bertz CT molecular complexity index is 384. The molecule has 0 bridgehead atoms. The SMILES string of the molecule is CCCNC1CCN(c2cc(Br)ccc2F)C1. The lowest BCUT2D eigenvalue weighted by molar-refractivity contribution is 0.548. The van der Waals surface area contributed by atoms with Gasteiger partial charge < -0.3 is 10.2 Å². The van der Waals surface area contributed by atoms with Crippen molar-refractivity contribution in [1.82, 2.24) is 5.32 Å². The average molecular weight is 301 g/mol. The predicted octanol–water partition coefficient (Wildman–Crippen LogP) is 3.17. The Balaban J connectivity index is 2.02. The molecule has 0 spiro atoms. The van der Waals surface area contributed by atoms with Gasteiger partial charge >= 0.3 is 0 Å². The summed E-state index contributed by atoms with van der Waals surface area (Å²) < 4.78 is 14.6. The van der Waals surface area contributed by atoms with Gasteiger partial charge in [0, 0.05) is 23.6 Å². The van der Waals surface area contributed by atoms with E-state index in [1.54, 1.807) is 6.07 Å². The van der Waals surface area contributed by atoms with Crippen molar-refractivity contribution >= 4 is 21.6 Å². The maximum Gasteiger partial charge on any atom is 0.146 e. The zero-order valence-corrected chi connectivity index (χ0v) is 11.6. The molecular weight excluding hydrogens is 283 g/mol. The highest BCUT2D eigenvalue weighted by molar-refractivity contribution is 9.10. The van der Waals surface area contributed by atoms with E-state index in [1.807, 2.05) is 6.07 Å². The van der Waals surface area contributed by atoms with Gasteiger partial charge in [0.2, 0.25) is 0 Å². The Hall–Kier alpha value is -0.610. The van der Waals surface area contributed by atoms with Gasteiger partial charge in [0.05, 0.1) is 5.69 Å². The minimum absolute atomic E-state index is 0.135. The summed E-state index contributed by atoms with van der Waals surface area (Å²) in [6.07, 6.45) is 2.23. The summed E-state index contributed by atoms with van der Waals surface area (Å²) in [6, 6.07) is 5.61. The van der Waals surface area contributed by atoms with Crippen LogP contribution in [0.4, 0.5) is 10.1 Å². The number of anilines is 1. The number of rotatable bonds is 4. The maximum absolute atomic E-state index is 13.7. The first kappa shape index (κ1) is 12.8. The van der Waals surface area contributed by atoms with Gasteiger partial charge in [-0.25, -0.2) is 4.39 Å². The first-order valence-corrected chi connectivity index (χ1v) is 6.93. The van der Waals surface area contributed by atoms with Gasteiger partial charge in [0.15, 0.2) is 0 Å². The Kier molecular flexibility index (Phi) is 4.40. The zero-order chi connectivity index (χ0) is 12.3. The molecule has 1 aliphatic heterocycles. The lowest BCUT2D eigenvalue weighted by Gasteiger charge is -2.20. The van der Waals surface area contributed by atoms with Crippen LogP contribution in [0.5, 0.6) is 0 Å². The zero-order valence-electron chi connectivity index (χ0n) is 10.0. The standard InChI is InChI=1S/C13H18BrFN2/c1-2-6-16-11-5-7-17(9-11)13-8-10(14)3-4-12(13)15/h3-4,8,11,16H,2,5-7,9H2,1H3. The maximum atomic E-state index is 13.7. The molecule has 1 atom stereocenters. The molecule has 1 N–H and O–H groups in total. The van der Waals surface area contributed by atoms with Crippen LogP contribution in [0, 0.1) is 5.82 Å². The van der Waals surface area contributed by atoms with Crippen LogP contribution >= 0.6 is 15.9 Å². The summed E-state index contributed by atoms with van der Waals surface area (Å²) >= 11 is 3.39. The summed E-state index contributed by atoms with van der Waals surface area (Å²) in [4.78, 5) is 2.12. The summed E-state index contributed by atoms with van der Waals surface area (Å²) in [5.41, 5.74) is 0.708. The molecule has 1 unspecified atom stereocenters. The number of nitrogens with one attached hydrogen (secondary N) is 1. The van der Waals surface area contributed by atoms with Gasteiger partial charge in [-0.15, -0.1) is 0 Å². The number of halogens is 2. The molecule has 0 aromatic heterocycles. The average Bonchev–Trinajstić information content (AvgIpc) is 2.78. The molecule has 1 heterocycles. The number of nitrogens with zero attached hydrogens (tertiary/aromatic N) is 1. The molecule has 0 aliphatic carbocycles. The van der Waals surface area contributed by atoms with E-state index < -0.39 is 0 Å². The number of benzene rings is 1. The molecule has 1 aliphatic rings. The predicted molar refractivity (Wildman–Crippen MR) is 73.0 cm³/mol.